The number of aromatic nitrogens is 1. The lowest BCUT2D eigenvalue weighted by Crippen LogP contribution is -1.96. The van der Waals surface area contributed by atoms with Crippen LogP contribution in [0.25, 0.3) is 11.3 Å². The summed E-state index contributed by atoms with van der Waals surface area (Å²) in [5, 5.41) is 15.0. The van der Waals surface area contributed by atoms with Crippen molar-refractivity contribution in [2.45, 2.75) is 6.92 Å². The lowest BCUT2D eigenvalue weighted by Gasteiger charge is -2.05. The van der Waals surface area contributed by atoms with E-state index in [2.05, 4.69) is 10.3 Å². The van der Waals surface area contributed by atoms with Gasteiger partial charge in [-0.1, -0.05) is 30.3 Å². The SMILES string of the molecule is Cc1ccccc1Nc1nc(-c2cccc(C(=O)O)c2)cs1. The fourth-order valence-corrected chi connectivity index (χ4v) is 2.84. The summed E-state index contributed by atoms with van der Waals surface area (Å²) in [5.74, 6) is -0.935. The van der Waals surface area contributed by atoms with E-state index in [4.69, 9.17) is 5.11 Å². The molecule has 0 aliphatic carbocycles. The highest BCUT2D eigenvalue weighted by Crippen LogP contribution is 2.28. The van der Waals surface area contributed by atoms with E-state index in [1.165, 1.54) is 11.3 Å². The van der Waals surface area contributed by atoms with Crippen LogP contribution in [-0.2, 0) is 0 Å². The zero-order chi connectivity index (χ0) is 15.5. The van der Waals surface area contributed by atoms with E-state index < -0.39 is 5.97 Å². The van der Waals surface area contributed by atoms with Gasteiger partial charge in [0.25, 0.3) is 0 Å². The Morgan fingerprint density at radius 3 is 2.77 bits per heavy atom. The van der Waals surface area contributed by atoms with Gasteiger partial charge in [0.05, 0.1) is 11.3 Å². The number of hydrogen-bond acceptors (Lipinski definition) is 4. The summed E-state index contributed by atoms with van der Waals surface area (Å²) in [7, 11) is 0. The molecule has 0 amide bonds. The molecule has 0 saturated carbocycles. The maximum Gasteiger partial charge on any atom is 0.335 e. The number of thiazole rings is 1. The summed E-state index contributed by atoms with van der Waals surface area (Å²) in [5.41, 5.74) is 3.99. The van der Waals surface area contributed by atoms with Gasteiger partial charge in [0.2, 0.25) is 0 Å². The zero-order valence-electron chi connectivity index (χ0n) is 11.9. The third-order valence-electron chi connectivity index (χ3n) is 3.30. The topological polar surface area (TPSA) is 62.2 Å². The first-order valence-corrected chi connectivity index (χ1v) is 7.63. The first-order valence-electron chi connectivity index (χ1n) is 6.75. The minimum atomic E-state index is -0.935. The number of carboxylic acids is 1. The second kappa shape index (κ2) is 5.99. The predicted octanol–water partition coefficient (Wildman–Crippen LogP) is 4.56. The molecule has 110 valence electrons. The fourth-order valence-electron chi connectivity index (χ4n) is 2.10. The first-order chi connectivity index (χ1) is 10.6. The van der Waals surface area contributed by atoms with Crippen molar-refractivity contribution in [1.29, 1.82) is 0 Å². The monoisotopic (exact) mass is 310 g/mol. The third kappa shape index (κ3) is 2.99. The summed E-state index contributed by atoms with van der Waals surface area (Å²) < 4.78 is 0. The maximum atomic E-state index is 11.0. The van der Waals surface area contributed by atoms with Crippen LogP contribution in [-0.4, -0.2) is 16.1 Å². The zero-order valence-corrected chi connectivity index (χ0v) is 12.7. The van der Waals surface area contributed by atoms with Crippen molar-refractivity contribution >= 4 is 28.1 Å². The number of anilines is 2. The Morgan fingerprint density at radius 1 is 1.18 bits per heavy atom. The minimum absolute atomic E-state index is 0.263. The second-order valence-corrected chi connectivity index (χ2v) is 5.72. The van der Waals surface area contributed by atoms with Gasteiger partial charge in [-0.3, -0.25) is 0 Å². The number of aryl methyl sites for hydroxylation is 1. The summed E-state index contributed by atoms with van der Waals surface area (Å²) in [6.07, 6.45) is 0. The van der Waals surface area contributed by atoms with Gasteiger partial charge in [0, 0.05) is 16.6 Å². The molecule has 1 aromatic heterocycles. The highest BCUT2D eigenvalue weighted by Gasteiger charge is 2.08. The largest absolute Gasteiger partial charge is 0.478 e. The van der Waals surface area contributed by atoms with Crippen LogP contribution in [0.2, 0.25) is 0 Å². The van der Waals surface area contributed by atoms with Crippen molar-refractivity contribution in [3.05, 3.63) is 65.0 Å². The standard InChI is InChI=1S/C17H14N2O2S/c1-11-5-2-3-8-14(11)18-17-19-15(10-22-17)12-6-4-7-13(9-12)16(20)21/h2-10H,1H3,(H,18,19)(H,20,21). The van der Waals surface area contributed by atoms with Crippen molar-refractivity contribution in [2.24, 2.45) is 0 Å². The smallest absolute Gasteiger partial charge is 0.335 e. The van der Waals surface area contributed by atoms with E-state index in [0.717, 1.165) is 27.6 Å². The predicted molar refractivity (Wildman–Crippen MR) is 89.0 cm³/mol. The molecule has 0 spiro atoms. The normalized spacial score (nSPS) is 10.4. The first kappa shape index (κ1) is 14.3. The Kier molecular flexibility index (Phi) is 3.89. The van der Waals surface area contributed by atoms with Crippen molar-refractivity contribution in [3.63, 3.8) is 0 Å². The molecular weight excluding hydrogens is 296 g/mol. The van der Waals surface area contributed by atoms with Crippen LogP contribution in [0.1, 0.15) is 15.9 Å². The average molecular weight is 310 g/mol. The van der Waals surface area contributed by atoms with Crippen LogP contribution >= 0.6 is 11.3 Å². The number of nitrogens with zero attached hydrogens (tertiary/aromatic N) is 1. The molecule has 0 aliphatic rings. The molecule has 0 fully saturated rings. The van der Waals surface area contributed by atoms with E-state index in [1.807, 2.05) is 42.6 Å². The number of rotatable bonds is 4. The number of carbonyl (C=O) groups is 1. The molecule has 0 bridgehead atoms. The number of para-hydroxylation sites is 1. The van der Waals surface area contributed by atoms with Crippen LogP contribution in [0.15, 0.2) is 53.9 Å². The maximum absolute atomic E-state index is 11.0. The molecule has 3 rings (SSSR count). The number of aromatic carboxylic acids is 1. The highest BCUT2D eigenvalue weighted by molar-refractivity contribution is 7.14. The van der Waals surface area contributed by atoms with Crippen LogP contribution in [0.4, 0.5) is 10.8 Å². The molecule has 1 heterocycles. The molecule has 4 nitrogen and oxygen atoms in total. The van der Waals surface area contributed by atoms with Crippen LogP contribution in [0.3, 0.4) is 0 Å². The summed E-state index contributed by atoms with van der Waals surface area (Å²) >= 11 is 1.49. The van der Waals surface area contributed by atoms with Crippen molar-refractivity contribution < 1.29 is 9.90 Å². The Bertz CT molecular complexity index is 827. The van der Waals surface area contributed by atoms with Crippen molar-refractivity contribution in [1.82, 2.24) is 4.98 Å². The summed E-state index contributed by atoms with van der Waals surface area (Å²) in [4.78, 5) is 15.6. The molecule has 22 heavy (non-hydrogen) atoms. The molecule has 3 aromatic rings. The van der Waals surface area contributed by atoms with Gasteiger partial charge in [0.1, 0.15) is 0 Å². The minimum Gasteiger partial charge on any atom is -0.478 e. The van der Waals surface area contributed by atoms with E-state index in [9.17, 15) is 4.79 Å². The molecule has 0 unspecified atom stereocenters. The highest BCUT2D eigenvalue weighted by atomic mass is 32.1. The van der Waals surface area contributed by atoms with E-state index in [0.29, 0.717) is 0 Å². The lowest BCUT2D eigenvalue weighted by atomic mass is 10.1. The van der Waals surface area contributed by atoms with Crippen molar-refractivity contribution in [3.8, 4) is 11.3 Å². The van der Waals surface area contributed by atoms with Gasteiger partial charge in [-0.15, -0.1) is 11.3 Å². The Labute approximate surface area is 132 Å². The van der Waals surface area contributed by atoms with Gasteiger partial charge in [-0.25, -0.2) is 9.78 Å². The molecule has 2 aromatic carbocycles. The number of nitrogens with one attached hydrogen (secondary N) is 1. The van der Waals surface area contributed by atoms with Gasteiger partial charge < -0.3 is 10.4 Å². The number of hydrogen-bond donors (Lipinski definition) is 2. The summed E-state index contributed by atoms with van der Waals surface area (Å²) in [6.45, 7) is 2.03. The molecule has 5 heteroatoms. The molecule has 2 N–H and O–H groups in total. The van der Waals surface area contributed by atoms with Gasteiger partial charge in [-0.05, 0) is 30.7 Å². The third-order valence-corrected chi connectivity index (χ3v) is 4.05. The van der Waals surface area contributed by atoms with E-state index >= 15 is 0 Å². The van der Waals surface area contributed by atoms with Crippen LogP contribution in [0, 0.1) is 6.92 Å². The molecule has 0 radical (unpaired) electrons. The van der Waals surface area contributed by atoms with Gasteiger partial charge in [0.15, 0.2) is 5.13 Å². The van der Waals surface area contributed by atoms with Crippen LogP contribution in [0.5, 0.6) is 0 Å². The van der Waals surface area contributed by atoms with Crippen molar-refractivity contribution in [2.75, 3.05) is 5.32 Å². The van der Waals surface area contributed by atoms with Gasteiger partial charge in [-0.2, -0.15) is 0 Å². The van der Waals surface area contributed by atoms with Crippen LogP contribution < -0.4 is 5.32 Å². The Balaban J connectivity index is 1.86. The van der Waals surface area contributed by atoms with E-state index in [-0.39, 0.29) is 5.56 Å². The number of benzene rings is 2. The average Bonchev–Trinajstić information content (AvgIpc) is 2.98. The van der Waals surface area contributed by atoms with Gasteiger partial charge >= 0.3 is 5.97 Å². The van der Waals surface area contributed by atoms with E-state index in [1.54, 1.807) is 18.2 Å². The Morgan fingerprint density at radius 2 is 2.00 bits per heavy atom. The molecule has 0 atom stereocenters. The lowest BCUT2D eigenvalue weighted by molar-refractivity contribution is 0.0697. The molecule has 0 saturated heterocycles. The quantitative estimate of drug-likeness (QED) is 0.741. The molecular formula is C17H14N2O2S. The number of carboxylic acid groups (broad SMARTS) is 1. The molecule has 0 aliphatic heterocycles. The fraction of sp³-hybridized carbons (Fsp3) is 0.0588. The summed E-state index contributed by atoms with van der Waals surface area (Å²) in [6, 6.07) is 14.8. The Hall–Kier alpha value is -2.66. The second-order valence-electron chi connectivity index (χ2n) is 4.86.